The van der Waals surface area contributed by atoms with Gasteiger partial charge in [-0.25, -0.2) is 9.37 Å². The highest BCUT2D eigenvalue weighted by molar-refractivity contribution is 5.96. The largest absolute Gasteiger partial charge is 0.494 e. The van der Waals surface area contributed by atoms with E-state index in [0.29, 0.717) is 30.2 Å². The summed E-state index contributed by atoms with van der Waals surface area (Å²) in [5, 5.41) is 7.67. The third-order valence-corrected chi connectivity index (χ3v) is 4.09. The first kappa shape index (κ1) is 18.8. The van der Waals surface area contributed by atoms with E-state index >= 15 is 0 Å². The van der Waals surface area contributed by atoms with E-state index in [-0.39, 0.29) is 11.7 Å². The van der Waals surface area contributed by atoms with Gasteiger partial charge in [-0.1, -0.05) is 18.5 Å². The number of carbonyl (C=O) groups is 1. The summed E-state index contributed by atoms with van der Waals surface area (Å²) in [6, 6.07) is 7.69. The highest BCUT2D eigenvalue weighted by Gasteiger charge is 2.13. The number of benzene rings is 1. The zero-order valence-electron chi connectivity index (χ0n) is 15.2. The zero-order valence-corrected chi connectivity index (χ0v) is 15.2. The molecule has 0 radical (unpaired) electrons. The van der Waals surface area contributed by atoms with E-state index in [9.17, 15) is 9.18 Å². The molecule has 1 amide bonds. The van der Waals surface area contributed by atoms with Gasteiger partial charge in [0.15, 0.2) is 0 Å². The molecule has 27 heavy (non-hydrogen) atoms. The number of carbonyl (C=O) groups excluding carboxylic acids is 1. The van der Waals surface area contributed by atoms with Crippen LogP contribution < -0.4 is 10.1 Å². The Hall–Kier alpha value is -2.96. The number of nitrogens with one attached hydrogen (secondary N) is 1. The summed E-state index contributed by atoms with van der Waals surface area (Å²) in [6.07, 6.45) is 4.78. The molecule has 0 saturated heterocycles. The van der Waals surface area contributed by atoms with Gasteiger partial charge in [-0.2, -0.15) is 0 Å². The van der Waals surface area contributed by atoms with Crippen molar-refractivity contribution >= 4 is 17.0 Å². The van der Waals surface area contributed by atoms with Crippen LogP contribution in [0.15, 0.2) is 41.1 Å². The van der Waals surface area contributed by atoms with Gasteiger partial charge in [0.05, 0.1) is 23.3 Å². The van der Waals surface area contributed by atoms with Crippen LogP contribution in [0.3, 0.4) is 0 Å². The lowest BCUT2D eigenvalue weighted by atomic mass is 10.1. The fraction of sp³-hybridized carbons (Fsp3) is 0.350. The predicted octanol–water partition coefficient (Wildman–Crippen LogP) is 3.90. The number of nitrogens with zero attached hydrogens (tertiary/aromatic N) is 2. The van der Waals surface area contributed by atoms with Gasteiger partial charge in [-0.3, -0.25) is 4.79 Å². The van der Waals surface area contributed by atoms with Crippen molar-refractivity contribution in [2.45, 2.75) is 32.6 Å². The van der Waals surface area contributed by atoms with Crippen LogP contribution in [0.1, 0.15) is 42.2 Å². The van der Waals surface area contributed by atoms with E-state index in [0.717, 1.165) is 36.8 Å². The van der Waals surface area contributed by atoms with Crippen LogP contribution in [0.2, 0.25) is 0 Å². The molecule has 0 atom stereocenters. The topological polar surface area (TPSA) is 77.2 Å². The van der Waals surface area contributed by atoms with Crippen LogP contribution in [0.25, 0.3) is 11.1 Å². The van der Waals surface area contributed by atoms with E-state index in [1.54, 1.807) is 18.2 Å². The molecule has 0 fully saturated rings. The summed E-state index contributed by atoms with van der Waals surface area (Å²) in [5.41, 5.74) is 1.77. The van der Waals surface area contributed by atoms with Crippen LogP contribution in [0.4, 0.5) is 4.39 Å². The number of rotatable bonds is 9. The summed E-state index contributed by atoms with van der Waals surface area (Å²) in [6.45, 7) is 3.11. The molecule has 6 nitrogen and oxygen atoms in total. The second kappa shape index (κ2) is 9.12. The molecule has 7 heteroatoms. The van der Waals surface area contributed by atoms with Crippen LogP contribution in [0.5, 0.6) is 5.75 Å². The average Bonchev–Trinajstić information content (AvgIpc) is 3.08. The maximum atomic E-state index is 12.8. The highest BCUT2D eigenvalue weighted by Crippen LogP contribution is 2.19. The molecule has 2 heterocycles. The van der Waals surface area contributed by atoms with Crippen molar-refractivity contribution in [1.29, 1.82) is 0 Å². The molecule has 0 aliphatic carbocycles. The molecule has 0 aliphatic rings. The number of pyridine rings is 1. The van der Waals surface area contributed by atoms with Gasteiger partial charge < -0.3 is 14.6 Å². The number of aromatic nitrogens is 2. The molecule has 3 aromatic rings. The van der Waals surface area contributed by atoms with Crippen molar-refractivity contribution in [2.75, 3.05) is 13.2 Å². The normalized spacial score (nSPS) is 10.9. The van der Waals surface area contributed by atoms with Crippen LogP contribution >= 0.6 is 0 Å². The van der Waals surface area contributed by atoms with Crippen molar-refractivity contribution in [1.82, 2.24) is 15.5 Å². The average molecular weight is 371 g/mol. The van der Waals surface area contributed by atoms with Gasteiger partial charge >= 0.3 is 0 Å². The van der Waals surface area contributed by atoms with Crippen LogP contribution in [0, 0.1) is 5.82 Å². The van der Waals surface area contributed by atoms with Crippen molar-refractivity contribution < 1.29 is 18.4 Å². The van der Waals surface area contributed by atoms with Crippen LogP contribution in [-0.2, 0) is 6.42 Å². The lowest BCUT2D eigenvalue weighted by molar-refractivity contribution is 0.0952. The molecule has 3 rings (SSSR count). The Morgan fingerprint density at radius 3 is 2.85 bits per heavy atom. The lowest BCUT2D eigenvalue weighted by Crippen LogP contribution is -2.24. The molecule has 1 aromatic carbocycles. The zero-order chi connectivity index (χ0) is 19.1. The summed E-state index contributed by atoms with van der Waals surface area (Å²) >= 11 is 0. The fourth-order valence-corrected chi connectivity index (χ4v) is 2.67. The summed E-state index contributed by atoms with van der Waals surface area (Å²) in [7, 11) is 0. The Kier molecular flexibility index (Phi) is 6.35. The number of unbranched alkanes of at least 4 members (excludes halogenated alkanes) is 1. The van der Waals surface area contributed by atoms with Gasteiger partial charge in [-0.15, -0.1) is 0 Å². The first-order chi connectivity index (χ1) is 13.2. The Balaban J connectivity index is 1.43. The van der Waals surface area contributed by atoms with E-state index < -0.39 is 0 Å². The standard InChI is InChI=1S/C20H22FN3O3/c1-2-5-18-17-12-14(13-23-20(17)27-24-18)19(25)22-10-3-4-11-26-16-8-6-15(21)7-9-16/h6-9,12-13H,2-5,10-11H2,1H3,(H,22,25). The predicted molar refractivity (Wildman–Crippen MR) is 99.3 cm³/mol. The number of fused-ring (bicyclic) bond motifs is 1. The molecular formula is C20H22FN3O3. The molecule has 0 unspecified atom stereocenters. The first-order valence-corrected chi connectivity index (χ1v) is 9.08. The Morgan fingerprint density at radius 2 is 2.07 bits per heavy atom. The number of amides is 1. The van der Waals surface area contributed by atoms with Crippen molar-refractivity contribution in [3.8, 4) is 5.75 Å². The molecule has 1 N–H and O–H groups in total. The Labute approximate surface area is 156 Å². The highest BCUT2D eigenvalue weighted by atomic mass is 19.1. The van der Waals surface area contributed by atoms with Crippen molar-refractivity contribution in [3.63, 3.8) is 0 Å². The number of hydrogen-bond acceptors (Lipinski definition) is 5. The van der Waals surface area contributed by atoms with Gasteiger partial charge in [-0.05, 0) is 49.6 Å². The third-order valence-electron chi connectivity index (χ3n) is 4.09. The molecular weight excluding hydrogens is 349 g/mol. The molecule has 2 aromatic heterocycles. The summed E-state index contributed by atoms with van der Waals surface area (Å²) < 4.78 is 23.5. The van der Waals surface area contributed by atoms with Gasteiger partial charge in [0.2, 0.25) is 0 Å². The quantitative estimate of drug-likeness (QED) is 0.577. The van der Waals surface area contributed by atoms with E-state index in [1.165, 1.54) is 18.3 Å². The minimum absolute atomic E-state index is 0.174. The van der Waals surface area contributed by atoms with Gasteiger partial charge in [0, 0.05) is 12.7 Å². The minimum atomic E-state index is -0.286. The second-order valence-corrected chi connectivity index (χ2v) is 6.22. The Morgan fingerprint density at radius 1 is 1.26 bits per heavy atom. The maximum absolute atomic E-state index is 12.8. The molecule has 0 spiro atoms. The van der Waals surface area contributed by atoms with E-state index in [4.69, 9.17) is 9.26 Å². The smallest absolute Gasteiger partial charge is 0.257 e. The number of aryl methyl sites for hydroxylation is 1. The third kappa shape index (κ3) is 5.03. The molecule has 142 valence electrons. The lowest BCUT2D eigenvalue weighted by Gasteiger charge is -2.07. The summed E-state index contributed by atoms with van der Waals surface area (Å²) in [4.78, 5) is 16.5. The number of halogens is 1. The van der Waals surface area contributed by atoms with E-state index in [2.05, 4.69) is 22.4 Å². The first-order valence-electron chi connectivity index (χ1n) is 9.08. The summed E-state index contributed by atoms with van der Waals surface area (Å²) in [5.74, 6) is 0.176. The van der Waals surface area contributed by atoms with Crippen molar-refractivity contribution in [2.24, 2.45) is 0 Å². The van der Waals surface area contributed by atoms with Gasteiger partial charge in [0.25, 0.3) is 11.6 Å². The Bertz CT molecular complexity index is 893. The monoisotopic (exact) mass is 371 g/mol. The van der Waals surface area contributed by atoms with Gasteiger partial charge in [0.1, 0.15) is 11.6 Å². The molecule has 0 aliphatic heterocycles. The minimum Gasteiger partial charge on any atom is -0.494 e. The number of ether oxygens (including phenoxy) is 1. The number of hydrogen-bond donors (Lipinski definition) is 1. The second-order valence-electron chi connectivity index (χ2n) is 6.22. The van der Waals surface area contributed by atoms with Crippen molar-refractivity contribution in [3.05, 3.63) is 53.6 Å². The molecule has 0 saturated carbocycles. The van der Waals surface area contributed by atoms with E-state index in [1.807, 2.05) is 0 Å². The molecule has 0 bridgehead atoms. The SMILES string of the molecule is CCCc1noc2ncc(C(=O)NCCCCOc3ccc(F)cc3)cc12. The maximum Gasteiger partial charge on any atom is 0.257 e. The van der Waals surface area contributed by atoms with Crippen LogP contribution in [-0.4, -0.2) is 29.2 Å². The fourth-order valence-electron chi connectivity index (χ4n) is 2.67.